The molecule has 0 spiro atoms. The van der Waals surface area contributed by atoms with Crippen molar-refractivity contribution in [1.82, 2.24) is 0 Å². The van der Waals surface area contributed by atoms with Gasteiger partial charge in [0.05, 0.1) is 0 Å². The zero-order valence-electron chi connectivity index (χ0n) is 10.8. The van der Waals surface area contributed by atoms with Crippen LogP contribution in [0.1, 0.15) is 38.2 Å². The van der Waals surface area contributed by atoms with E-state index in [1.54, 1.807) is 4.90 Å². The largest absolute Gasteiger partial charge is 0.326 e. The Bertz CT molecular complexity index is 363. The molecule has 0 fully saturated rings. The van der Waals surface area contributed by atoms with Crippen molar-refractivity contribution in [3.8, 4) is 0 Å². The van der Waals surface area contributed by atoms with Gasteiger partial charge in [-0.25, -0.2) is 0 Å². The van der Waals surface area contributed by atoms with Gasteiger partial charge in [-0.1, -0.05) is 31.9 Å². The molecule has 0 aromatic heterocycles. The van der Waals surface area contributed by atoms with Crippen LogP contribution in [-0.4, -0.2) is 13.0 Å². The highest BCUT2D eigenvalue weighted by atomic mass is 16.2. The molecule has 0 atom stereocenters. The normalized spacial score (nSPS) is 10.3. The summed E-state index contributed by atoms with van der Waals surface area (Å²) in [6.07, 6.45) is 3.84. The molecule has 1 amide bonds. The Hall–Kier alpha value is -1.35. The van der Waals surface area contributed by atoms with Crippen LogP contribution < -0.4 is 10.6 Å². The lowest BCUT2D eigenvalue weighted by molar-refractivity contribution is -0.118. The number of hydrogen-bond donors (Lipinski definition) is 1. The molecule has 0 aliphatic carbocycles. The van der Waals surface area contributed by atoms with E-state index in [4.69, 9.17) is 5.73 Å². The number of nitrogens with zero attached hydrogens (tertiary/aromatic N) is 1. The average molecular weight is 234 g/mol. The Kier molecular flexibility index (Phi) is 5.70. The molecule has 0 aliphatic rings. The van der Waals surface area contributed by atoms with E-state index in [0.717, 1.165) is 30.5 Å². The number of benzene rings is 1. The summed E-state index contributed by atoms with van der Waals surface area (Å²) in [7, 11) is 1.82. The van der Waals surface area contributed by atoms with Crippen LogP contribution in [0.4, 0.5) is 5.69 Å². The summed E-state index contributed by atoms with van der Waals surface area (Å²) in [5.74, 6) is 0.174. The van der Waals surface area contributed by atoms with Crippen LogP contribution in [0.25, 0.3) is 0 Å². The molecule has 3 nitrogen and oxygen atoms in total. The Labute approximate surface area is 104 Å². The van der Waals surface area contributed by atoms with Crippen molar-refractivity contribution in [3.63, 3.8) is 0 Å². The van der Waals surface area contributed by atoms with Crippen LogP contribution in [0, 0.1) is 0 Å². The second kappa shape index (κ2) is 7.07. The number of amides is 1. The Balaban J connectivity index is 2.61. The minimum Gasteiger partial charge on any atom is -0.326 e. The number of nitrogens with two attached hydrogens (primary N) is 1. The molecule has 0 unspecified atom stereocenters. The van der Waals surface area contributed by atoms with E-state index < -0.39 is 0 Å². The first-order valence-corrected chi connectivity index (χ1v) is 6.24. The standard InChI is InChI=1S/C14H22N2O/c1-3-4-5-9-14(17)16(2)13-8-6-7-12(10-13)11-15/h6-8,10H,3-5,9,11,15H2,1-2H3. The molecular weight excluding hydrogens is 212 g/mol. The quantitative estimate of drug-likeness (QED) is 0.769. The van der Waals surface area contributed by atoms with Crippen molar-refractivity contribution < 1.29 is 4.79 Å². The molecule has 2 N–H and O–H groups in total. The smallest absolute Gasteiger partial charge is 0.226 e. The first kappa shape index (κ1) is 13.7. The second-order valence-corrected chi connectivity index (χ2v) is 4.28. The minimum atomic E-state index is 0.174. The molecule has 1 aromatic rings. The molecule has 17 heavy (non-hydrogen) atoms. The Morgan fingerprint density at radius 2 is 2.12 bits per heavy atom. The maximum absolute atomic E-state index is 11.9. The molecule has 0 radical (unpaired) electrons. The molecule has 0 bridgehead atoms. The molecule has 1 rings (SSSR count). The lowest BCUT2D eigenvalue weighted by Crippen LogP contribution is -2.25. The predicted octanol–water partition coefficient (Wildman–Crippen LogP) is 2.69. The van der Waals surface area contributed by atoms with Gasteiger partial charge < -0.3 is 10.6 Å². The Morgan fingerprint density at radius 1 is 1.35 bits per heavy atom. The fraction of sp³-hybridized carbons (Fsp3) is 0.500. The third kappa shape index (κ3) is 4.19. The lowest BCUT2D eigenvalue weighted by Gasteiger charge is -2.18. The maximum atomic E-state index is 11.9. The summed E-state index contributed by atoms with van der Waals surface area (Å²) in [4.78, 5) is 13.6. The van der Waals surface area contributed by atoms with Gasteiger partial charge >= 0.3 is 0 Å². The van der Waals surface area contributed by atoms with E-state index in [-0.39, 0.29) is 5.91 Å². The number of rotatable bonds is 6. The van der Waals surface area contributed by atoms with Gasteiger partial charge in [-0.3, -0.25) is 4.79 Å². The molecule has 0 heterocycles. The van der Waals surface area contributed by atoms with Crippen molar-refractivity contribution in [2.75, 3.05) is 11.9 Å². The summed E-state index contributed by atoms with van der Waals surface area (Å²) in [5, 5.41) is 0. The van der Waals surface area contributed by atoms with Crippen molar-refractivity contribution in [2.24, 2.45) is 5.73 Å². The topological polar surface area (TPSA) is 46.3 Å². The second-order valence-electron chi connectivity index (χ2n) is 4.28. The predicted molar refractivity (Wildman–Crippen MR) is 71.9 cm³/mol. The first-order chi connectivity index (χ1) is 8.19. The van der Waals surface area contributed by atoms with Gasteiger partial charge in [0.15, 0.2) is 0 Å². The molecular formula is C14H22N2O. The third-order valence-corrected chi connectivity index (χ3v) is 2.90. The molecule has 0 saturated heterocycles. The summed E-state index contributed by atoms with van der Waals surface area (Å²) >= 11 is 0. The van der Waals surface area contributed by atoms with Crippen LogP contribution in [0.15, 0.2) is 24.3 Å². The van der Waals surface area contributed by atoms with E-state index in [1.807, 2.05) is 31.3 Å². The van der Waals surface area contributed by atoms with Crippen LogP contribution in [0.3, 0.4) is 0 Å². The average Bonchev–Trinajstić information content (AvgIpc) is 2.38. The van der Waals surface area contributed by atoms with Crippen LogP contribution in [0.5, 0.6) is 0 Å². The maximum Gasteiger partial charge on any atom is 0.226 e. The van der Waals surface area contributed by atoms with Gasteiger partial charge in [0, 0.05) is 25.7 Å². The van der Waals surface area contributed by atoms with Gasteiger partial charge in [0.1, 0.15) is 0 Å². The van der Waals surface area contributed by atoms with Crippen molar-refractivity contribution in [3.05, 3.63) is 29.8 Å². The lowest BCUT2D eigenvalue weighted by atomic mass is 10.1. The highest BCUT2D eigenvalue weighted by molar-refractivity contribution is 5.92. The van der Waals surface area contributed by atoms with E-state index >= 15 is 0 Å². The third-order valence-electron chi connectivity index (χ3n) is 2.90. The summed E-state index contributed by atoms with van der Waals surface area (Å²) < 4.78 is 0. The van der Waals surface area contributed by atoms with E-state index in [0.29, 0.717) is 13.0 Å². The summed E-state index contributed by atoms with van der Waals surface area (Å²) in [6, 6.07) is 7.82. The molecule has 94 valence electrons. The fourth-order valence-corrected chi connectivity index (χ4v) is 1.73. The molecule has 1 aromatic carbocycles. The van der Waals surface area contributed by atoms with E-state index in [1.165, 1.54) is 0 Å². The van der Waals surface area contributed by atoms with Gasteiger partial charge in [0.25, 0.3) is 0 Å². The zero-order valence-corrected chi connectivity index (χ0v) is 10.8. The summed E-state index contributed by atoms with van der Waals surface area (Å²) in [6.45, 7) is 2.64. The molecule has 0 saturated carbocycles. The molecule has 3 heteroatoms. The van der Waals surface area contributed by atoms with Crippen LogP contribution in [-0.2, 0) is 11.3 Å². The van der Waals surface area contributed by atoms with E-state index in [2.05, 4.69) is 6.92 Å². The molecule has 0 aliphatic heterocycles. The van der Waals surface area contributed by atoms with Crippen molar-refractivity contribution >= 4 is 11.6 Å². The monoisotopic (exact) mass is 234 g/mol. The van der Waals surface area contributed by atoms with Crippen LogP contribution >= 0.6 is 0 Å². The van der Waals surface area contributed by atoms with Crippen LogP contribution in [0.2, 0.25) is 0 Å². The van der Waals surface area contributed by atoms with Crippen molar-refractivity contribution in [1.29, 1.82) is 0 Å². The number of carbonyl (C=O) groups is 1. The number of unbranched alkanes of at least 4 members (excludes halogenated alkanes) is 2. The zero-order chi connectivity index (χ0) is 12.7. The Morgan fingerprint density at radius 3 is 2.76 bits per heavy atom. The number of carbonyl (C=O) groups excluding carboxylic acids is 1. The van der Waals surface area contributed by atoms with Crippen molar-refractivity contribution in [2.45, 2.75) is 39.2 Å². The fourth-order valence-electron chi connectivity index (χ4n) is 1.73. The number of hydrogen-bond acceptors (Lipinski definition) is 2. The SMILES string of the molecule is CCCCCC(=O)N(C)c1cccc(CN)c1. The van der Waals surface area contributed by atoms with Gasteiger partial charge in [-0.15, -0.1) is 0 Å². The van der Waals surface area contributed by atoms with Gasteiger partial charge in [-0.2, -0.15) is 0 Å². The summed E-state index contributed by atoms with van der Waals surface area (Å²) in [5.41, 5.74) is 7.57. The van der Waals surface area contributed by atoms with Gasteiger partial charge in [0.2, 0.25) is 5.91 Å². The highest BCUT2D eigenvalue weighted by Gasteiger charge is 2.10. The highest BCUT2D eigenvalue weighted by Crippen LogP contribution is 2.16. The first-order valence-electron chi connectivity index (χ1n) is 6.24. The number of anilines is 1. The van der Waals surface area contributed by atoms with E-state index in [9.17, 15) is 4.79 Å². The minimum absolute atomic E-state index is 0.174. The van der Waals surface area contributed by atoms with Gasteiger partial charge in [-0.05, 0) is 24.1 Å².